The summed E-state index contributed by atoms with van der Waals surface area (Å²) in [7, 11) is 0. The van der Waals surface area contributed by atoms with Gasteiger partial charge in [0.15, 0.2) is 0 Å². The molecule has 1 aromatic heterocycles. The molecule has 0 aliphatic rings. The number of rotatable bonds is 4. The first-order valence-corrected chi connectivity index (χ1v) is 5.18. The second kappa shape index (κ2) is 4.69. The Morgan fingerprint density at radius 2 is 2.06 bits per heavy atom. The smallest absolute Gasteiger partial charge is 0.224 e. The predicted molar refractivity (Wildman–Crippen MR) is 60.0 cm³/mol. The standard InChI is InChI=1S/C12H12N2O3/c15-11(14-7-12(16)17)5-8-6-13-10-4-2-1-3-9(8)10/h1-4,6,13H,5,7H2,(H,14,15)(H,16,17)/p-1. The fourth-order valence-electron chi connectivity index (χ4n) is 1.68. The van der Waals surface area contributed by atoms with E-state index in [2.05, 4.69) is 10.3 Å². The Labute approximate surface area is 97.4 Å². The predicted octanol–water partition coefficient (Wildman–Crippen LogP) is -0.423. The minimum Gasteiger partial charge on any atom is -0.548 e. The third kappa shape index (κ3) is 2.63. The van der Waals surface area contributed by atoms with Gasteiger partial charge in [0, 0.05) is 17.1 Å². The van der Waals surface area contributed by atoms with Crippen LogP contribution < -0.4 is 10.4 Å². The summed E-state index contributed by atoms with van der Waals surface area (Å²) in [5.74, 6) is -1.63. The average molecular weight is 231 g/mol. The first kappa shape index (κ1) is 11.2. The molecule has 0 saturated carbocycles. The minimum atomic E-state index is -1.29. The number of carboxylic acid groups (broad SMARTS) is 1. The van der Waals surface area contributed by atoms with Crippen molar-refractivity contribution in [3.05, 3.63) is 36.0 Å². The third-order valence-electron chi connectivity index (χ3n) is 2.46. The molecule has 0 atom stereocenters. The number of hydrogen-bond donors (Lipinski definition) is 2. The van der Waals surface area contributed by atoms with Gasteiger partial charge in [0.25, 0.3) is 0 Å². The number of carboxylic acids is 1. The molecule has 0 bridgehead atoms. The molecule has 88 valence electrons. The highest BCUT2D eigenvalue weighted by Crippen LogP contribution is 2.17. The summed E-state index contributed by atoms with van der Waals surface area (Å²) >= 11 is 0. The van der Waals surface area contributed by atoms with Crippen LogP contribution in [-0.2, 0) is 16.0 Å². The molecule has 2 aromatic rings. The van der Waals surface area contributed by atoms with Crippen LogP contribution in [0.4, 0.5) is 0 Å². The minimum absolute atomic E-state index is 0.150. The van der Waals surface area contributed by atoms with Crippen LogP contribution in [0.2, 0.25) is 0 Å². The number of benzene rings is 1. The molecule has 17 heavy (non-hydrogen) atoms. The molecular weight excluding hydrogens is 220 g/mol. The lowest BCUT2D eigenvalue weighted by atomic mass is 10.1. The van der Waals surface area contributed by atoms with Crippen molar-refractivity contribution in [2.45, 2.75) is 6.42 Å². The van der Waals surface area contributed by atoms with Gasteiger partial charge in [-0.2, -0.15) is 0 Å². The summed E-state index contributed by atoms with van der Waals surface area (Å²) < 4.78 is 0. The SMILES string of the molecule is O=C([O-])CNC(=O)Cc1c[nH]c2ccccc12. The Hall–Kier alpha value is -2.30. The summed E-state index contributed by atoms with van der Waals surface area (Å²) in [4.78, 5) is 24.7. The zero-order valence-corrected chi connectivity index (χ0v) is 9.03. The number of carbonyl (C=O) groups excluding carboxylic acids is 2. The van der Waals surface area contributed by atoms with Crippen LogP contribution in [0.25, 0.3) is 10.9 Å². The number of amides is 1. The summed E-state index contributed by atoms with van der Waals surface area (Å²) in [6, 6.07) is 7.61. The van der Waals surface area contributed by atoms with Crippen molar-refractivity contribution >= 4 is 22.8 Å². The lowest BCUT2D eigenvalue weighted by molar-refractivity contribution is -0.304. The molecule has 0 fully saturated rings. The van der Waals surface area contributed by atoms with E-state index in [9.17, 15) is 14.7 Å². The van der Waals surface area contributed by atoms with Crippen molar-refractivity contribution in [3.8, 4) is 0 Å². The van der Waals surface area contributed by atoms with E-state index < -0.39 is 12.5 Å². The van der Waals surface area contributed by atoms with Gasteiger partial charge in [-0.15, -0.1) is 0 Å². The van der Waals surface area contributed by atoms with Crippen LogP contribution >= 0.6 is 0 Å². The highest BCUT2D eigenvalue weighted by atomic mass is 16.4. The Balaban J connectivity index is 2.08. The van der Waals surface area contributed by atoms with Gasteiger partial charge in [-0.05, 0) is 11.6 Å². The molecule has 0 aliphatic carbocycles. The van der Waals surface area contributed by atoms with Gasteiger partial charge in [0.05, 0.1) is 18.9 Å². The lowest BCUT2D eigenvalue weighted by Gasteiger charge is -2.04. The van der Waals surface area contributed by atoms with Gasteiger partial charge in [0.1, 0.15) is 0 Å². The Morgan fingerprint density at radius 3 is 2.82 bits per heavy atom. The number of nitrogens with one attached hydrogen (secondary N) is 2. The number of aromatic nitrogens is 1. The summed E-state index contributed by atoms with van der Waals surface area (Å²) in [5, 5.41) is 13.4. The number of aliphatic carboxylic acids is 1. The molecule has 0 radical (unpaired) electrons. The number of para-hydroxylation sites is 1. The number of carbonyl (C=O) groups is 2. The molecule has 0 unspecified atom stereocenters. The van der Waals surface area contributed by atoms with Crippen molar-refractivity contribution < 1.29 is 14.7 Å². The second-order valence-corrected chi connectivity index (χ2v) is 3.69. The molecule has 2 N–H and O–H groups in total. The number of fused-ring (bicyclic) bond motifs is 1. The van der Waals surface area contributed by atoms with Crippen molar-refractivity contribution in [1.29, 1.82) is 0 Å². The van der Waals surface area contributed by atoms with Gasteiger partial charge in [-0.25, -0.2) is 0 Å². The Morgan fingerprint density at radius 1 is 1.29 bits per heavy atom. The van der Waals surface area contributed by atoms with E-state index in [-0.39, 0.29) is 12.3 Å². The van der Waals surface area contributed by atoms with E-state index in [4.69, 9.17) is 0 Å². The van der Waals surface area contributed by atoms with Gasteiger partial charge >= 0.3 is 0 Å². The Bertz CT molecular complexity index is 560. The molecule has 0 aliphatic heterocycles. The maximum atomic E-state index is 11.4. The summed E-state index contributed by atoms with van der Waals surface area (Å²) in [5.41, 5.74) is 1.80. The zero-order valence-electron chi connectivity index (χ0n) is 9.03. The lowest BCUT2D eigenvalue weighted by Crippen LogP contribution is -2.38. The molecule has 0 spiro atoms. The monoisotopic (exact) mass is 231 g/mol. The first-order valence-electron chi connectivity index (χ1n) is 5.18. The van der Waals surface area contributed by atoms with E-state index in [1.807, 2.05) is 24.3 Å². The van der Waals surface area contributed by atoms with E-state index in [0.717, 1.165) is 16.5 Å². The number of aromatic amines is 1. The topological polar surface area (TPSA) is 85.0 Å². The average Bonchev–Trinajstić information content (AvgIpc) is 2.70. The normalized spacial score (nSPS) is 10.4. The van der Waals surface area contributed by atoms with Gasteiger partial charge in [-0.1, -0.05) is 18.2 Å². The van der Waals surface area contributed by atoms with E-state index in [1.165, 1.54) is 0 Å². The maximum Gasteiger partial charge on any atom is 0.224 e. The van der Waals surface area contributed by atoms with Gasteiger partial charge in [0.2, 0.25) is 5.91 Å². The molecule has 1 aromatic carbocycles. The van der Waals surface area contributed by atoms with Crippen LogP contribution in [0.3, 0.4) is 0 Å². The van der Waals surface area contributed by atoms with Gasteiger partial charge < -0.3 is 20.2 Å². The van der Waals surface area contributed by atoms with Crippen LogP contribution in [-0.4, -0.2) is 23.4 Å². The maximum absolute atomic E-state index is 11.4. The molecule has 0 saturated heterocycles. The van der Waals surface area contributed by atoms with Crippen LogP contribution in [0.15, 0.2) is 30.5 Å². The van der Waals surface area contributed by atoms with Crippen molar-refractivity contribution in [1.82, 2.24) is 10.3 Å². The molecular formula is C12H11N2O3-. The van der Waals surface area contributed by atoms with E-state index >= 15 is 0 Å². The van der Waals surface area contributed by atoms with Crippen LogP contribution in [0.5, 0.6) is 0 Å². The Kier molecular flexibility index (Phi) is 3.09. The highest BCUT2D eigenvalue weighted by Gasteiger charge is 2.07. The van der Waals surface area contributed by atoms with Crippen molar-refractivity contribution in [2.24, 2.45) is 0 Å². The zero-order chi connectivity index (χ0) is 12.3. The fourth-order valence-corrected chi connectivity index (χ4v) is 1.68. The molecule has 1 amide bonds. The summed E-state index contributed by atoms with van der Waals surface area (Å²) in [6.07, 6.45) is 1.90. The number of H-pyrrole nitrogens is 1. The molecule has 5 nitrogen and oxygen atoms in total. The van der Waals surface area contributed by atoms with Crippen molar-refractivity contribution in [2.75, 3.05) is 6.54 Å². The first-order chi connectivity index (χ1) is 8.16. The second-order valence-electron chi connectivity index (χ2n) is 3.69. The van der Waals surface area contributed by atoms with E-state index in [0.29, 0.717) is 0 Å². The molecule has 5 heteroatoms. The molecule has 1 heterocycles. The van der Waals surface area contributed by atoms with E-state index in [1.54, 1.807) is 6.20 Å². The van der Waals surface area contributed by atoms with Crippen LogP contribution in [0, 0.1) is 0 Å². The third-order valence-corrected chi connectivity index (χ3v) is 2.46. The van der Waals surface area contributed by atoms with Crippen molar-refractivity contribution in [3.63, 3.8) is 0 Å². The fraction of sp³-hybridized carbons (Fsp3) is 0.167. The summed E-state index contributed by atoms with van der Waals surface area (Å²) in [6.45, 7) is -0.457. The van der Waals surface area contributed by atoms with Gasteiger partial charge in [-0.3, -0.25) is 4.79 Å². The molecule has 2 rings (SSSR count). The number of hydrogen-bond acceptors (Lipinski definition) is 3. The van der Waals surface area contributed by atoms with Crippen LogP contribution in [0.1, 0.15) is 5.56 Å². The quantitative estimate of drug-likeness (QED) is 0.749. The largest absolute Gasteiger partial charge is 0.548 e. The highest BCUT2D eigenvalue weighted by molar-refractivity contribution is 5.89.